The SMILES string of the molecule is C/C=C/c1cc2ccccc2[nH]c1=O.COC. The summed E-state index contributed by atoms with van der Waals surface area (Å²) in [5.41, 5.74) is 1.54. The smallest absolute Gasteiger partial charge is 0.255 e. The molecule has 2 aromatic rings. The van der Waals surface area contributed by atoms with Crippen LogP contribution in [0.5, 0.6) is 0 Å². The Labute approximate surface area is 101 Å². The van der Waals surface area contributed by atoms with Gasteiger partial charge in [0.1, 0.15) is 0 Å². The standard InChI is InChI=1S/C12H11NO.C2H6O/c1-2-5-10-8-9-6-3-4-7-11(9)13-12(10)14;1-3-2/h2-8H,1H3,(H,13,14);1-2H3/b5-2+;. The Morgan fingerprint density at radius 3 is 2.53 bits per heavy atom. The third-order valence-corrected chi connectivity index (χ3v) is 2.13. The first kappa shape index (κ1) is 13.2. The number of methoxy groups -OCH3 is 1. The summed E-state index contributed by atoms with van der Waals surface area (Å²) < 4.78 is 4.25. The van der Waals surface area contributed by atoms with E-state index in [2.05, 4.69) is 9.72 Å². The number of ether oxygens (including phenoxy) is 1. The second-order valence-corrected chi connectivity index (χ2v) is 3.55. The summed E-state index contributed by atoms with van der Waals surface area (Å²) in [6.07, 6.45) is 3.67. The fourth-order valence-corrected chi connectivity index (χ4v) is 1.47. The van der Waals surface area contributed by atoms with Crippen molar-refractivity contribution < 1.29 is 4.74 Å². The molecule has 1 N–H and O–H groups in total. The van der Waals surface area contributed by atoms with E-state index in [0.29, 0.717) is 5.56 Å². The molecule has 0 saturated carbocycles. The van der Waals surface area contributed by atoms with Crippen LogP contribution in [0.25, 0.3) is 17.0 Å². The number of allylic oxidation sites excluding steroid dienone is 1. The number of nitrogens with one attached hydrogen (secondary N) is 1. The lowest BCUT2D eigenvalue weighted by atomic mass is 10.1. The molecule has 0 atom stereocenters. The summed E-state index contributed by atoms with van der Waals surface area (Å²) in [5.74, 6) is 0. The van der Waals surface area contributed by atoms with Gasteiger partial charge >= 0.3 is 0 Å². The van der Waals surface area contributed by atoms with Crippen molar-refractivity contribution in [3.8, 4) is 0 Å². The van der Waals surface area contributed by atoms with Crippen molar-refractivity contribution in [1.29, 1.82) is 0 Å². The third-order valence-electron chi connectivity index (χ3n) is 2.13. The summed E-state index contributed by atoms with van der Waals surface area (Å²) >= 11 is 0. The van der Waals surface area contributed by atoms with Crippen LogP contribution in [-0.4, -0.2) is 19.2 Å². The highest BCUT2D eigenvalue weighted by molar-refractivity contribution is 5.80. The van der Waals surface area contributed by atoms with Gasteiger partial charge in [-0.3, -0.25) is 4.79 Å². The van der Waals surface area contributed by atoms with E-state index >= 15 is 0 Å². The first-order chi connectivity index (χ1) is 8.22. The Hall–Kier alpha value is -1.87. The first-order valence-corrected chi connectivity index (χ1v) is 5.37. The Kier molecular flexibility index (Phi) is 5.17. The van der Waals surface area contributed by atoms with Crippen LogP contribution in [-0.2, 0) is 4.74 Å². The molecule has 17 heavy (non-hydrogen) atoms. The molecule has 2 rings (SSSR count). The van der Waals surface area contributed by atoms with Crippen molar-refractivity contribution in [2.24, 2.45) is 0 Å². The molecule has 0 unspecified atom stereocenters. The van der Waals surface area contributed by atoms with E-state index in [0.717, 1.165) is 10.9 Å². The van der Waals surface area contributed by atoms with Gasteiger partial charge < -0.3 is 9.72 Å². The maximum Gasteiger partial charge on any atom is 0.255 e. The highest BCUT2D eigenvalue weighted by Gasteiger charge is 1.97. The lowest BCUT2D eigenvalue weighted by Crippen LogP contribution is -2.08. The minimum atomic E-state index is -0.0400. The second-order valence-electron chi connectivity index (χ2n) is 3.55. The van der Waals surface area contributed by atoms with E-state index < -0.39 is 0 Å². The van der Waals surface area contributed by atoms with Crippen LogP contribution in [0.3, 0.4) is 0 Å². The summed E-state index contributed by atoms with van der Waals surface area (Å²) in [6, 6.07) is 9.65. The second kappa shape index (κ2) is 6.66. The van der Waals surface area contributed by atoms with Gasteiger partial charge in [-0.15, -0.1) is 0 Å². The van der Waals surface area contributed by atoms with Gasteiger partial charge in [0, 0.05) is 25.3 Å². The predicted octanol–water partition coefficient (Wildman–Crippen LogP) is 2.82. The topological polar surface area (TPSA) is 42.1 Å². The fourth-order valence-electron chi connectivity index (χ4n) is 1.47. The zero-order valence-electron chi connectivity index (χ0n) is 10.4. The molecule has 1 heterocycles. The number of rotatable bonds is 1. The van der Waals surface area contributed by atoms with Gasteiger partial charge in [0.15, 0.2) is 0 Å². The van der Waals surface area contributed by atoms with Crippen LogP contribution in [0.1, 0.15) is 12.5 Å². The number of hydrogen-bond donors (Lipinski definition) is 1. The quantitative estimate of drug-likeness (QED) is 0.820. The van der Waals surface area contributed by atoms with E-state index in [4.69, 9.17) is 0 Å². The van der Waals surface area contributed by atoms with Crippen molar-refractivity contribution in [2.75, 3.05) is 14.2 Å². The Balaban J connectivity index is 0.000000437. The molecule has 0 aliphatic rings. The Morgan fingerprint density at radius 1 is 1.24 bits per heavy atom. The van der Waals surface area contributed by atoms with Gasteiger partial charge in [-0.2, -0.15) is 0 Å². The van der Waals surface area contributed by atoms with Crippen LogP contribution in [0.2, 0.25) is 0 Å². The maximum atomic E-state index is 11.5. The Morgan fingerprint density at radius 2 is 1.88 bits per heavy atom. The van der Waals surface area contributed by atoms with Crippen molar-refractivity contribution in [3.05, 3.63) is 52.3 Å². The van der Waals surface area contributed by atoms with Crippen LogP contribution >= 0.6 is 0 Å². The van der Waals surface area contributed by atoms with Crippen molar-refractivity contribution in [3.63, 3.8) is 0 Å². The van der Waals surface area contributed by atoms with Gasteiger partial charge in [-0.25, -0.2) is 0 Å². The molecule has 90 valence electrons. The van der Waals surface area contributed by atoms with Gasteiger partial charge in [-0.1, -0.05) is 30.4 Å². The molecule has 0 amide bonds. The average molecular weight is 231 g/mol. The zero-order valence-corrected chi connectivity index (χ0v) is 10.4. The van der Waals surface area contributed by atoms with E-state index in [1.54, 1.807) is 14.2 Å². The highest BCUT2D eigenvalue weighted by atomic mass is 16.4. The van der Waals surface area contributed by atoms with Gasteiger partial charge in [0.05, 0.1) is 0 Å². The minimum absolute atomic E-state index is 0.0400. The molecule has 0 fully saturated rings. The lowest BCUT2D eigenvalue weighted by Gasteiger charge is -1.98. The van der Waals surface area contributed by atoms with E-state index in [1.165, 1.54) is 0 Å². The predicted molar refractivity (Wildman–Crippen MR) is 72.2 cm³/mol. The van der Waals surface area contributed by atoms with Gasteiger partial charge in [0.25, 0.3) is 5.56 Å². The molecule has 0 aliphatic carbocycles. The summed E-state index contributed by atoms with van der Waals surface area (Å²) in [6.45, 7) is 1.90. The summed E-state index contributed by atoms with van der Waals surface area (Å²) in [4.78, 5) is 14.4. The minimum Gasteiger partial charge on any atom is -0.388 e. The van der Waals surface area contributed by atoms with Crippen molar-refractivity contribution >= 4 is 17.0 Å². The van der Waals surface area contributed by atoms with E-state index in [9.17, 15) is 4.79 Å². The third kappa shape index (κ3) is 3.57. The van der Waals surface area contributed by atoms with E-state index in [-0.39, 0.29) is 5.56 Å². The summed E-state index contributed by atoms with van der Waals surface area (Å²) in [5, 5.41) is 1.06. The number of H-pyrrole nitrogens is 1. The molecule has 0 aliphatic heterocycles. The molecule has 0 radical (unpaired) electrons. The fraction of sp³-hybridized carbons (Fsp3) is 0.214. The van der Waals surface area contributed by atoms with Crippen LogP contribution in [0.4, 0.5) is 0 Å². The molecule has 3 heteroatoms. The number of benzene rings is 1. The summed E-state index contributed by atoms with van der Waals surface area (Å²) in [7, 11) is 3.25. The van der Waals surface area contributed by atoms with E-state index in [1.807, 2.05) is 49.4 Å². The number of fused-ring (bicyclic) bond motifs is 1. The molecule has 0 spiro atoms. The number of hydrogen-bond acceptors (Lipinski definition) is 2. The Bertz CT molecular complexity index is 555. The monoisotopic (exact) mass is 231 g/mol. The number of para-hydroxylation sites is 1. The molecule has 1 aromatic carbocycles. The largest absolute Gasteiger partial charge is 0.388 e. The van der Waals surface area contributed by atoms with Crippen LogP contribution in [0, 0.1) is 0 Å². The highest BCUT2D eigenvalue weighted by Crippen LogP contribution is 2.10. The molecular formula is C14H17NO2. The average Bonchev–Trinajstić information content (AvgIpc) is 2.31. The first-order valence-electron chi connectivity index (χ1n) is 5.37. The maximum absolute atomic E-state index is 11.5. The number of aromatic nitrogens is 1. The zero-order chi connectivity index (χ0) is 12.7. The van der Waals surface area contributed by atoms with Gasteiger partial charge in [0.2, 0.25) is 0 Å². The van der Waals surface area contributed by atoms with Crippen LogP contribution in [0.15, 0.2) is 41.2 Å². The molecule has 3 nitrogen and oxygen atoms in total. The lowest BCUT2D eigenvalue weighted by molar-refractivity contribution is 0.277. The molecule has 0 bridgehead atoms. The normalized spacial score (nSPS) is 10.3. The molecule has 1 aromatic heterocycles. The van der Waals surface area contributed by atoms with Crippen molar-refractivity contribution in [2.45, 2.75) is 6.92 Å². The van der Waals surface area contributed by atoms with Gasteiger partial charge in [-0.05, 0) is 24.4 Å². The van der Waals surface area contributed by atoms with Crippen molar-refractivity contribution in [1.82, 2.24) is 4.98 Å². The molecule has 0 saturated heterocycles. The van der Waals surface area contributed by atoms with Crippen LogP contribution < -0.4 is 5.56 Å². The molecular weight excluding hydrogens is 214 g/mol. The number of aromatic amines is 1. The number of pyridine rings is 1.